The van der Waals surface area contributed by atoms with E-state index in [4.69, 9.17) is 5.73 Å². The summed E-state index contributed by atoms with van der Waals surface area (Å²) in [5.41, 5.74) is 7.12. The fraction of sp³-hybridized carbons (Fsp3) is 0.0667. The molecule has 0 spiro atoms. The van der Waals surface area contributed by atoms with E-state index in [2.05, 4.69) is 22.1 Å². The third-order valence-electron chi connectivity index (χ3n) is 2.66. The highest BCUT2D eigenvalue weighted by atomic mass is 16.6. The van der Waals surface area contributed by atoms with Crippen LogP contribution in [0.2, 0.25) is 0 Å². The van der Waals surface area contributed by atoms with Gasteiger partial charge in [0.25, 0.3) is 5.69 Å². The normalized spacial score (nSPS) is 9.50. The predicted molar refractivity (Wildman–Crippen MR) is 82.0 cm³/mol. The summed E-state index contributed by atoms with van der Waals surface area (Å²) in [6.45, 7) is 1.42. The number of hydrogen-bond donors (Lipinski definition) is 2. The molecule has 1 heterocycles. The Balaban J connectivity index is 2.24. The van der Waals surface area contributed by atoms with E-state index in [0.717, 1.165) is 6.20 Å². The molecule has 0 bridgehead atoms. The van der Waals surface area contributed by atoms with Crippen molar-refractivity contribution in [3.8, 4) is 11.8 Å². The molecule has 7 nitrogen and oxygen atoms in total. The summed E-state index contributed by atoms with van der Waals surface area (Å²) in [7, 11) is 0. The van der Waals surface area contributed by atoms with Crippen LogP contribution >= 0.6 is 0 Å². The smallest absolute Gasteiger partial charge is 0.288 e. The van der Waals surface area contributed by atoms with Crippen molar-refractivity contribution in [1.82, 2.24) is 4.98 Å². The molecule has 3 N–H and O–H groups in total. The monoisotopic (exact) mass is 296 g/mol. The molecule has 0 aliphatic carbocycles. The topological polar surface area (TPSA) is 111 Å². The summed E-state index contributed by atoms with van der Waals surface area (Å²) < 4.78 is 0. The molecule has 2 aromatic rings. The zero-order valence-corrected chi connectivity index (χ0v) is 11.7. The second kappa shape index (κ2) is 6.37. The number of nitrogens with one attached hydrogen (secondary N) is 1. The van der Waals surface area contributed by atoms with Gasteiger partial charge < -0.3 is 11.1 Å². The lowest BCUT2D eigenvalue weighted by atomic mass is 10.2. The molecular weight excluding hydrogens is 284 g/mol. The Hall–Kier alpha value is -3.40. The number of nitrogens with two attached hydrogens (primary N) is 1. The summed E-state index contributed by atoms with van der Waals surface area (Å²) in [6, 6.07) is 8.14. The minimum Gasteiger partial charge on any atom is -0.383 e. The molecule has 0 unspecified atom stereocenters. The number of amides is 1. The molecule has 22 heavy (non-hydrogen) atoms. The van der Waals surface area contributed by atoms with Gasteiger partial charge in [0.05, 0.1) is 10.5 Å². The summed E-state index contributed by atoms with van der Waals surface area (Å²) in [4.78, 5) is 24.8. The highest BCUT2D eigenvalue weighted by molar-refractivity contribution is 5.88. The Bertz CT molecular complexity index is 789. The maximum absolute atomic E-state index is 10.9. The third-order valence-corrected chi connectivity index (χ3v) is 2.66. The fourth-order valence-corrected chi connectivity index (χ4v) is 1.64. The van der Waals surface area contributed by atoms with E-state index in [0.29, 0.717) is 16.8 Å². The van der Waals surface area contributed by atoms with Gasteiger partial charge in [-0.2, -0.15) is 0 Å². The standard InChI is InChI=1S/C15H12N4O3/c1-10(20)18-13-6-3-11(4-7-13)2-5-12-8-14(19(21)22)9-17-15(12)16/h3-4,6-9H,1H3,(H2,16,17)(H,18,20). The van der Waals surface area contributed by atoms with Crippen LogP contribution in [0.1, 0.15) is 18.1 Å². The molecule has 2 rings (SSSR count). The Morgan fingerprint density at radius 2 is 2.00 bits per heavy atom. The highest BCUT2D eigenvalue weighted by Crippen LogP contribution is 2.16. The number of carbonyl (C=O) groups excluding carboxylic acids is 1. The van der Waals surface area contributed by atoms with Crippen LogP contribution in [0.15, 0.2) is 36.5 Å². The van der Waals surface area contributed by atoms with Crippen LogP contribution in [-0.4, -0.2) is 15.8 Å². The van der Waals surface area contributed by atoms with Gasteiger partial charge in [0.15, 0.2) is 0 Å². The van der Waals surface area contributed by atoms with Gasteiger partial charge in [-0.15, -0.1) is 0 Å². The first kappa shape index (κ1) is 15.0. The van der Waals surface area contributed by atoms with Crippen LogP contribution in [-0.2, 0) is 4.79 Å². The van der Waals surface area contributed by atoms with Gasteiger partial charge in [-0.1, -0.05) is 11.8 Å². The average molecular weight is 296 g/mol. The molecule has 0 fully saturated rings. The van der Waals surface area contributed by atoms with Crippen LogP contribution in [0.3, 0.4) is 0 Å². The molecule has 1 aromatic carbocycles. The molecule has 110 valence electrons. The van der Waals surface area contributed by atoms with Gasteiger partial charge in [-0.25, -0.2) is 4.98 Å². The number of nitrogens with zero attached hydrogens (tertiary/aromatic N) is 2. The first-order valence-corrected chi connectivity index (χ1v) is 6.25. The lowest BCUT2D eigenvalue weighted by Gasteiger charge is -2.00. The molecule has 0 aliphatic heterocycles. The average Bonchev–Trinajstić information content (AvgIpc) is 2.47. The van der Waals surface area contributed by atoms with Crippen molar-refractivity contribution in [1.29, 1.82) is 0 Å². The number of hydrogen-bond acceptors (Lipinski definition) is 5. The summed E-state index contributed by atoms with van der Waals surface area (Å²) >= 11 is 0. The van der Waals surface area contributed by atoms with Gasteiger partial charge in [0.2, 0.25) is 5.91 Å². The van der Waals surface area contributed by atoms with Gasteiger partial charge in [-0.05, 0) is 24.3 Å². The van der Waals surface area contributed by atoms with E-state index in [1.54, 1.807) is 24.3 Å². The fourth-order valence-electron chi connectivity index (χ4n) is 1.64. The quantitative estimate of drug-likeness (QED) is 0.499. The number of aromatic nitrogens is 1. The predicted octanol–water partition coefficient (Wildman–Crippen LogP) is 1.93. The number of rotatable bonds is 2. The van der Waals surface area contributed by atoms with Crippen molar-refractivity contribution in [2.75, 3.05) is 11.1 Å². The zero-order chi connectivity index (χ0) is 16.1. The molecule has 0 aliphatic rings. The zero-order valence-electron chi connectivity index (χ0n) is 11.7. The van der Waals surface area contributed by atoms with Gasteiger partial charge in [0.1, 0.15) is 12.0 Å². The first-order chi connectivity index (χ1) is 10.5. The van der Waals surface area contributed by atoms with Gasteiger partial charge in [0, 0.05) is 24.2 Å². The van der Waals surface area contributed by atoms with E-state index in [9.17, 15) is 14.9 Å². The van der Waals surface area contributed by atoms with E-state index in [1.807, 2.05) is 0 Å². The minimum atomic E-state index is -0.556. The highest BCUT2D eigenvalue weighted by Gasteiger charge is 2.08. The van der Waals surface area contributed by atoms with Crippen LogP contribution < -0.4 is 11.1 Å². The molecule has 0 radical (unpaired) electrons. The Kier molecular flexibility index (Phi) is 4.34. The van der Waals surface area contributed by atoms with Gasteiger partial charge in [-0.3, -0.25) is 14.9 Å². The number of anilines is 2. The maximum Gasteiger partial charge on any atom is 0.288 e. The van der Waals surface area contributed by atoms with E-state index in [-0.39, 0.29) is 17.4 Å². The molecular formula is C15H12N4O3. The largest absolute Gasteiger partial charge is 0.383 e. The van der Waals surface area contributed by atoms with E-state index >= 15 is 0 Å². The summed E-state index contributed by atoms with van der Waals surface area (Å²) in [5.74, 6) is 5.57. The third kappa shape index (κ3) is 3.80. The molecule has 1 aromatic heterocycles. The Morgan fingerprint density at radius 3 is 2.59 bits per heavy atom. The van der Waals surface area contributed by atoms with Crippen molar-refractivity contribution < 1.29 is 9.72 Å². The van der Waals surface area contributed by atoms with Crippen molar-refractivity contribution in [3.63, 3.8) is 0 Å². The van der Waals surface area contributed by atoms with Crippen molar-refractivity contribution >= 4 is 23.1 Å². The second-order valence-electron chi connectivity index (χ2n) is 4.39. The van der Waals surface area contributed by atoms with Crippen LogP contribution in [0.5, 0.6) is 0 Å². The van der Waals surface area contributed by atoms with Crippen molar-refractivity contribution in [2.24, 2.45) is 0 Å². The summed E-state index contributed by atoms with van der Waals surface area (Å²) in [5, 5.41) is 13.3. The Morgan fingerprint density at radius 1 is 1.32 bits per heavy atom. The van der Waals surface area contributed by atoms with E-state index < -0.39 is 4.92 Å². The SMILES string of the molecule is CC(=O)Nc1ccc(C#Cc2cc([N+](=O)[O-])cnc2N)cc1. The van der Waals surface area contributed by atoms with Crippen LogP contribution in [0, 0.1) is 22.0 Å². The van der Waals surface area contributed by atoms with Crippen molar-refractivity contribution in [3.05, 3.63) is 57.8 Å². The first-order valence-electron chi connectivity index (χ1n) is 6.25. The maximum atomic E-state index is 10.9. The lowest BCUT2D eigenvalue weighted by Crippen LogP contribution is -2.05. The number of pyridine rings is 1. The lowest BCUT2D eigenvalue weighted by molar-refractivity contribution is -0.385. The number of nitrogen functional groups attached to an aromatic ring is 1. The van der Waals surface area contributed by atoms with Crippen LogP contribution in [0.4, 0.5) is 17.2 Å². The van der Waals surface area contributed by atoms with Gasteiger partial charge >= 0.3 is 0 Å². The molecule has 1 amide bonds. The molecule has 0 saturated carbocycles. The number of nitro groups is 1. The van der Waals surface area contributed by atoms with Crippen LogP contribution in [0.25, 0.3) is 0 Å². The molecule has 0 atom stereocenters. The van der Waals surface area contributed by atoms with Crippen molar-refractivity contribution in [2.45, 2.75) is 6.92 Å². The molecule has 0 saturated heterocycles. The number of benzene rings is 1. The number of carbonyl (C=O) groups is 1. The Labute approximate surface area is 126 Å². The molecule has 7 heteroatoms. The second-order valence-corrected chi connectivity index (χ2v) is 4.39. The summed E-state index contributed by atoms with van der Waals surface area (Å²) in [6.07, 6.45) is 1.09. The van der Waals surface area contributed by atoms with E-state index in [1.165, 1.54) is 13.0 Å². The minimum absolute atomic E-state index is 0.132.